The quantitative estimate of drug-likeness (QED) is 0.603. The van der Waals surface area contributed by atoms with Crippen molar-refractivity contribution < 1.29 is 27.4 Å². The van der Waals surface area contributed by atoms with Gasteiger partial charge in [-0.15, -0.1) is 0 Å². The lowest BCUT2D eigenvalue weighted by molar-refractivity contribution is 0.0526. The summed E-state index contributed by atoms with van der Waals surface area (Å²) in [5.41, 5.74) is 0.373. The first-order valence-corrected chi connectivity index (χ1v) is 10.3. The Morgan fingerprint density at radius 2 is 1.81 bits per heavy atom. The zero-order chi connectivity index (χ0) is 20.2. The number of hydrogen-bond donors (Lipinski definition) is 1. The van der Waals surface area contributed by atoms with Crippen LogP contribution >= 0.6 is 27.5 Å². The second-order valence-electron chi connectivity index (χ2n) is 5.16. The standard InChI is InChI=1S/C17H17BrClNO6S/c1-4-26-17(21)10-5-6-16(11(18)7-10)27(22,23)20-13-8-12(19)14(24-2)9-15(13)25-3/h5-9,20H,4H2,1-3H3. The molecule has 146 valence electrons. The number of carbonyl (C=O) groups excluding carboxylic acids is 1. The maximum absolute atomic E-state index is 12.8. The zero-order valence-electron chi connectivity index (χ0n) is 14.7. The minimum Gasteiger partial charge on any atom is -0.495 e. The van der Waals surface area contributed by atoms with E-state index in [9.17, 15) is 13.2 Å². The molecule has 7 nitrogen and oxygen atoms in total. The first kappa shape index (κ1) is 21.3. The number of halogens is 2. The summed E-state index contributed by atoms with van der Waals surface area (Å²) in [6.07, 6.45) is 0. The molecule has 0 aliphatic rings. The highest BCUT2D eigenvalue weighted by molar-refractivity contribution is 9.10. The molecular formula is C17H17BrClNO6S. The van der Waals surface area contributed by atoms with E-state index in [1.807, 2.05) is 0 Å². The molecule has 0 fully saturated rings. The lowest BCUT2D eigenvalue weighted by atomic mass is 10.2. The van der Waals surface area contributed by atoms with Gasteiger partial charge in [0.15, 0.2) is 0 Å². The Balaban J connectivity index is 2.40. The summed E-state index contributed by atoms with van der Waals surface area (Å²) in [5.74, 6) is 0.0363. The minimum atomic E-state index is -4.00. The molecule has 0 aliphatic carbocycles. The van der Waals surface area contributed by atoms with Crippen molar-refractivity contribution in [1.29, 1.82) is 0 Å². The molecule has 0 unspecified atom stereocenters. The largest absolute Gasteiger partial charge is 0.495 e. The molecule has 1 N–H and O–H groups in total. The van der Waals surface area contributed by atoms with E-state index < -0.39 is 16.0 Å². The van der Waals surface area contributed by atoms with Crippen molar-refractivity contribution in [1.82, 2.24) is 0 Å². The van der Waals surface area contributed by atoms with Gasteiger partial charge in [0.25, 0.3) is 10.0 Å². The first-order valence-electron chi connectivity index (χ1n) is 7.64. The highest BCUT2D eigenvalue weighted by Gasteiger charge is 2.22. The molecular weight excluding hydrogens is 462 g/mol. The van der Waals surface area contributed by atoms with Gasteiger partial charge in [-0.25, -0.2) is 13.2 Å². The van der Waals surface area contributed by atoms with Gasteiger partial charge in [-0.2, -0.15) is 0 Å². The number of ether oxygens (including phenoxy) is 3. The van der Waals surface area contributed by atoms with Crippen LogP contribution in [0.3, 0.4) is 0 Å². The zero-order valence-corrected chi connectivity index (χ0v) is 17.9. The Morgan fingerprint density at radius 1 is 1.15 bits per heavy atom. The van der Waals surface area contributed by atoms with Gasteiger partial charge in [0, 0.05) is 10.5 Å². The monoisotopic (exact) mass is 477 g/mol. The van der Waals surface area contributed by atoms with E-state index in [2.05, 4.69) is 20.7 Å². The average Bonchev–Trinajstić information content (AvgIpc) is 2.61. The third kappa shape index (κ3) is 4.85. The van der Waals surface area contributed by atoms with Crippen molar-refractivity contribution in [3.8, 4) is 11.5 Å². The number of methoxy groups -OCH3 is 2. The molecule has 0 bridgehead atoms. The normalized spacial score (nSPS) is 11.0. The van der Waals surface area contributed by atoms with Gasteiger partial charge in [-0.05, 0) is 47.1 Å². The smallest absolute Gasteiger partial charge is 0.338 e. The molecule has 10 heteroatoms. The van der Waals surface area contributed by atoms with Crippen LogP contribution in [0.2, 0.25) is 5.02 Å². The lowest BCUT2D eigenvalue weighted by Crippen LogP contribution is -2.15. The molecule has 0 saturated heterocycles. The highest BCUT2D eigenvalue weighted by atomic mass is 79.9. The van der Waals surface area contributed by atoms with E-state index >= 15 is 0 Å². The maximum atomic E-state index is 12.8. The van der Waals surface area contributed by atoms with E-state index in [1.165, 1.54) is 44.6 Å². The lowest BCUT2D eigenvalue weighted by Gasteiger charge is -2.15. The maximum Gasteiger partial charge on any atom is 0.338 e. The third-order valence-corrected chi connectivity index (χ3v) is 6.09. The van der Waals surface area contributed by atoms with Crippen molar-refractivity contribution in [2.75, 3.05) is 25.5 Å². The van der Waals surface area contributed by atoms with Gasteiger partial charge in [0.1, 0.15) is 16.4 Å². The Labute approximate surface area is 170 Å². The summed E-state index contributed by atoms with van der Waals surface area (Å²) in [7, 11) is -1.17. The second kappa shape index (κ2) is 8.81. The van der Waals surface area contributed by atoms with Crippen molar-refractivity contribution in [2.45, 2.75) is 11.8 Å². The molecule has 0 heterocycles. The Bertz CT molecular complexity index is 964. The fraction of sp³-hybridized carbons (Fsp3) is 0.235. The molecule has 0 spiro atoms. The molecule has 2 aromatic carbocycles. The fourth-order valence-electron chi connectivity index (χ4n) is 2.20. The topological polar surface area (TPSA) is 90.9 Å². The summed E-state index contributed by atoms with van der Waals surface area (Å²) >= 11 is 9.26. The van der Waals surface area contributed by atoms with Crippen LogP contribution in [-0.2, 0) is 14.8 Å². The molecule has 0 atom stereocenters. The third-order valence-electron chi connectivity index (χ3n) is 3.45. The first-order chi connectivity index (χ1) is 12.7. The summed E-state index contributed by atoms with van der Waals surface area (Å²) < 4.78 is 43.4. The van der Waals surface area contributed by atoms with E-state index in [4.69, 9.17) is 25.8 Å². The van der Waals surface area contributed by atoms with Gasteiger partial charge in [-0.3, -0.25) is 4.72 Å². The van der Waals surface area contributed by atoms with Gasteiger partial charge < -0.3 is 14.2 Å². The Kier molecular flexibility index (Phi) is 6.96. The van der Waals surface area contributed by atoms with E-state index in [0.29, 0.717) is 5.75 Å². The van der Waals surface area contributed by atoms with Crippen LogP contribution in [0.5, 0.6) is 11.5 Å². The molecule has 0 amide bonds. The van der Waals surface area contributed by atoms with Crippen LogP contribution in [0, 0.1) is 0 Å². The summed E-state index contributed by atoms with van der Waals surface area (Å²) in [5, 5.41) is 0.215. The molecule has 0 radical (unpaired) electrons. The van der Waals surface area contributed by atoms with E-state index in [0.717, 1.165) is 0 Å². The number of nitrogens with one attached hydrogen (secondary N) is 1. The second-order valence-corrected chi connectivity index (χ2v) is 8.07. The number of sulfonamides is 1. The molecule has 0 aromatic heterocycles. The van der Waals surface area contributed by atoms with Crippen LogP contribution in [-0.4, -0.2) is 35.2 Å². The number of esters is 1. The van der Waals surface area contributed by atoms with Gasteiger partial charge in [0.2, 0.25) is 0 Å². The SMILES string of the molecule is CCOC(=O)c1ccc(S(=O)(=O)Nc2cc(Cl)c(OC)cc2OC)c(Br)c1. The molecule has 0 aliphatic heterocycles. The summed E-state index contributed by atoms with van der Waals surface area (Å²) in [6.45, 7) is 1.90. The van der Waals surface area contributed by atoms with Crippen LogP contribution in [0.15, 0.2) is 39.7 Å². The van der Waals surface area contributed by atoms with Crippen LogP contribution < -0.4 is 14.2 Å². The van der Waals surface area contributed by atoms with Crippen molar-refractivity contribution >= 4 is 49.2 Å². The summed E-state index contributed by atoms with van der Waals surface area (Å²) in [6, 6.07) is 6.91. The number of carbonyl (C=O) groups is 1. The number of hydrogen-bond acceptors (Lipinski definition) is 6. The van der Waals surface area contributed by atoms with Gasteiger partial charge in [0.05, 0.1) is 37.1 Å². The van der Waals surface area contributed by atoms with Crippen molar-refractivity contribution in [3.05, 3.63) is 45.4 Å². The van der Waals surface area contributed by atoms with E-state index in [1.54, 1.807) is 6.92 Å². The van der Waals surface area contributed by atoms with Crippen LogP contribution in [0.25, 0.3) is 0 Å². The minimum absolute atomic E-state index is 0.0652. The number of benzene rings is 2. The fourth-order valence-corrected chi connectivity index (χ4v) is 4.58. The predicted molar refractivity (Wildman–Crippen MR) is 105 cm³/mol. The number of rotatable bonds is 7. The average molecular weight is 479 g/mol. The van der Waals surface area contributed by atoms with Crippen LogP contribution in [0.4, 0.5) is 5.69 Å². The molecule has 2 rings (SSSR count). The van der Waals surface area contributed by atoms with Gasteiger partial charge in [-0.1, -0.05) is 11.6 Å². The summed E-state index contributed by atoms with van der Waals surface area (Å²) in [4.78, 5) is 11.7. The van der Waals surface area contributed by atoms with Crippen LogP contribution in [0.1, 0.15) is 17.3 Å². The molecule has 0 saturated carbocycles. The van der Waals surface area contributed by atoms with Crippen molar-refractivity contribution in [2.24, 2.45) is 0 Å². The van der Waals surface area contributed by atoms with Crippen molar-refractivity contribution in [3.63, 3.8) is 0 Å². The Hall–Kier alpha value is -1.97. The number of anilines is 1. The van der Waals surface area contributed by atoms with E-state index in [-0.39, 0.29) is 38.0 Å². The molecule has 2 aromatic rings. The highest BCUT2D eigenvalue weighted by Crippen LogP contribution is 2.37. The predicted octanol–water partition coefficient (Wildman–Crippen LogP) is 4.10. The van der Waals surface area contributed by atoms with Gasteiger partial charge >= 0.3 is 5.97 Å². The Morgan fingerprint density at radius 3 is 2.37 bits per heavy atom. The molecule has 27 heavy (non-hydrogen) atoms.